The maximum absolute atomic E-state index is 11.7. The van der Waals surface area contributed by atoms with Crippen LogP contribution < -0.4 is 21.3 Å². The normalized spacial score (nSPS) is 15.3. The number of carbonyl (C=O) groups is 2. The van der Waals surface area contributed by atoms with Crippen LogP contribution in [0.3, 0.4) is 0 Å². The summed E-state index contributed by atoms with van der Waals surface area (Å²) in [7, 11) is 0. The Morgan fingerprint density at radius 2 is 2.18 bits per heavy atom. The van der Waals surface area contributed by atoms with E-state index in [9.17, 15) is 9.59 Å². The molecule has 6 nitrogen and oxygen atoms in total. The molecule has 6 heteroatoms. The third-order valence-corrected chi connectivity index (χ3v) is 2.53. The van der Waals surface area contributed by atoms with Crippen molar-refractivity contribution < 1.29 is 9.59 Å². The van der Waals surface area contributed by atoms with Crippen molar-refractivity contribution >= 4 is 23.4 Å². The lowest BCUT2D eigenvalue weighted by molar-refractivity contribution is 0.242. The van der Waals surface area contributed by atoms with Gasteiger partial charge in [0.15, 0.2) is 0 Å². The van der Waals surface area contributed by atoms with Gasteiger partial charge in [-0.2, -0.15) is 0 Å². The van der Waals surface area contributed by atoms with Crippen LogP contribution in [0.5, 0.6) is 0 Å². The first-order valence-corrected chi connectivity index (χ1v) is 5.39. The van der Waals surface area contributed by atoms with Crippen LogP contribution in [-0.2, 0) is 0 Å². The van der Waals surface area contributed by atoms with Gasteiger partial charge in [-0.1, -0.05) is 12.1 Å². The summed E-state index contributed by atoms with van der Waals surface area (Å²) in [5.41, 5.74) is 6.28. The van der Waals surface area contributed by atoms with Crippen molar-refractivity contribution in [2.45, 2.75) is 6.42 Å². The number of hydrogen-bond donors (Lipinski definition) is 3. The fourth-order valence-corrected chi connectivity index (χ4v) is 1.81. The molecule has 0 atom stereocenters. The smallest absolute Gasteiger partial charge is 0.321 e. The molecule has 0 bridgehead atoms. The van der Waals surface area contributed by atoms with Gasteiger partial charge < -0.3 is 16.4 Å². The van der Waals surface area contributed by atoms with Gasteiger partial charge in [-0.05, 0) is 18.6 Å². The van der Waals surface area contributed by atoms with E-state index in [-0.39, 0.29) is 6.03 Å². The Kier molecular flexibility index (Phi) is 3.13. The average Bonchev–Trinajstić information content (AvgIpc) is 2.30. The number of anilines is 2. The number of nitrogens with zero attached hydrogens (tertiary/aromatic N) is 1. The lowest BCUT2D eigenvalue weighted by Crippen LogP contribution is -2.46. The number of carbonyl (C=O) groups excluding carboxylic acids is 2. The molecule has 0 saturated carbocycles. The Morgan fingerprint density at radius 1 is 1.41 bits per heavy atom. The van der Waals surface area contributed by atoms with E-state index < -0.39 is 6.03 Å². The summed E-state index contributed by atoms with van der Waals surface area (Å²) in [6.45, 7) is 1.31. The van der Waals surface area contributed by atoms with Crippen molar-refractivity contribution in [1.29, 1.82) is 0 Å². The molecule has 1 aliphatic heterocycles. The first-order valence-electron chi connectivity index (χ1n) is 5.39. The second-order valence-corrected chi connectivity index (χ2v) is 3.74. The van der Waals surface area contributed by atoms with E-state index in [2.05, 4.69) is 10.6 Å². The lowest BCUT2D eigenvalue weighted by Gasteiger charge is -2.29. The number of para-hydroxylation sites is 2. The maximum atomic E-state index is 11.7. The molecule has 90 valence electrons. The molecule has 2 rings (SSSR count). The lowest BCUT2D eigenvalue weighted by atomic mass is 10.2. The van der Waals surface area contributed by atoms with Crippen molar-refractivity contribution in [3.05, 3.63) is 24.3 Å². The fourth-order valence-electron chi connectivity index (χ4n) is 1.81. The first kappa shape index (κ1) is 11.3. The highest BCUT2D eigenvalue weighted by Gasteiger charge is 2.21. The van der Waals surface area contributed by atoms with Gasteiger partial charge in [-0.15, -0.1) is 0 Å². The molecule has 1 heterocycles. The van der Waals surface area contributed by atoms with Crippen LogP contribution in [0.4, 0.5) is 21.0 Å². The molecule has 1 saturated heterocycles. The van der Waals surface area contributed by atoms with Crippen LogP contribution in [-0.4, -0.2) is 25.2 Å². The summed E-state index contributed by atoms with van der Waals surface area (Å²) < 4.78 is 0. The standard InChI is InChI=1S/C11H14N4O2/c12-10(16)14-8-4-1-2-5-9(8)15-7-3-6-13-11(15)17/h1-2,4-5H,3,6-7H2,(H,13,17)(H3,12,14,16). The second-order valence-electron chi connectivity index (χ2n) is 3.74. The molecular weight excluding hydrogens is 220 g/mol. The van der Waals surface area contributed by atoms with Gasteiger partial charge in [0.05, 0.1) is 11.4 Å². The van der Waals surface area contributed by atoms with E-state index in [1.807, 2.05) is 6.07 Å². The molecule has 1 aliphatic rings. The summed E-state index contributed by atoms with van der Waals surface area (Å²) in [5, 5.41) is 5.26. The minimum Gasteiger partial charge on any atom is -0.351 e. The van der Waals surface area contributed by atoms with Gasteiger partial charge >= 0.3 is 12.1 Å². The predicted molar refractivity (Wildman–Crippen MR) is 65.0 cm³/mol. The van der Waals surface area contributed by atoms with E-state index in [0.717, 1.165) is 6.42 Å². The highest BCUT2D eigenvalue weighted by molar-refractivity contribution is 5.99. The summed E-state index contributed by atoms with van der Waals surface area (Å²) >= 11 is 0. The largest absolute Gasteiger partial charge is 0.351 e. The Hall–Kier alpha value is -2.24. The summed E-state index contributed by atoms with van der Waals surface area (Å²) in [6, 6.07) is 6.27. The van der Waals surface area contributed by atoms with Crippen LogP contribution >= 0.6 is 0 Å². The third-order valence-electron chi connectivity index (χ3n) is 2.53. The molecule has 0 radical (unpaired) electrons. The maximum Gasteiger partial charge on any atom is 0.321 e. The van der Waals surface area contributed by atoms with Gasteiger partial charge in [-0.25, -0.2) is 9.59 Å². The van der Waals surface area contributed by atoms with Gasteiger partial charge in [-0.3, -0.25) is 4.90 Å². The van der Waals surface area contributed by atoms with E-state index in [4.69, 9.17) is 5.73 Å². The van der Waals surface area contributed by atoms with E-state index in [1.54, 1.807) is 23.1 Å². The minimum atomic E-state index is -0.644. The molecule has 1 aromatic carbocycles. The molecule has 0 aromatic heterocycles. The topological polar surface area (TPSA) is 87.5 Å². The van der Waals surface area contributed by atoms with Crippen LogP contribution in [0.15, 0.2) is 24.3 Å². The van der Waals surface area contributed by atoms with Crippen LogP contribution in [0, 0.1) is 0 Å². The Labute approximate surface area is 98.8 Å². The molecule has 17 heavy (non-hydrogen) atoms. The number of nitrogens with two attached hydrogens (primary N) is 1. The third kappa shape index (κ3) is 2.47. The minimum absolute atomic E-state index is 0.157. The molecule has 0 aliphatic carbocycles. The molecule has 1 aromatic rings. The van der Waals surface area contributed by atoms with Crippen molar-refractivity contribution in [1.82, 2.24) is 5.32 Å². The number of urea groups is 2. The van der Waals surface area contributed by atoms with Gasteiger partial charge in [0.25, 0.3) is 0 Å². The van der Waals surface area contributed by atoms with E-state index >= 15 is 0 Å². The molecule has 0 unspecified atom stereocenters. The molecule has 4 N–H and O–H groups in total. The quantitative estimate of drug-likeness (QED) is 0.715. The van der Waals surface area contributed by atoms with Gasteiger partial charge in [0.2, 0.25) is 0 Å². The monoisotopic (exact) mass is 234 g/mol. The fraction of sp³-hybridized carbons (Fsp3) is 0.273. The van der Waals surface area contributed by atoms with Crippen LogP contribution in [0.25, 0.3) is 0 Å². The predicted octanol–water partition coefficient (Wildman–Crippen LogP) is 1.10. The van der Waals surface area contributed by atoms with Gasteiger partial charge in [0, 0.05) is 13.1 Å². The number of benzene rings is 1. The summed E-state index contributed by atoms with van der Waals surface area (Å²) in [4.78, 5) is 24.2. The molecular formula is C11H14N4O2. The zero-order valence-corrected chi connectivity index (χ0v) is 9.27. The summed E-state index contributed by atoms with van der Waals surface area (Å²) in [6.07, 6.45) is 0.872. The van der Waals surface area contributed by atoms with Crippen molar-refractivity contribution in [2.24, 2.45) is 5.73 Å². The van der Waals surface area contributed by atoms with Crippen LogP contribution in [0.2, 0.25) is 0 Å². The Balaban J connectivity index is 2.30. The number of primary amides is 1. The number of rotatable bonds is 2. The van der Waals surface area contributed by atoms with Crippen molar-refractivity contribution in [3.63, 3.8) is 0 Å². The van der Waals surface area contributed by atoms with E-state index in [1.165, 1.54) is 0 Å². The van der Waals surface area contributed by atoms with Crippen LogP contribution in [0.1, 0.15) is 6.42 Å². The second kappa shape index (κ2) is 4.73. The highest BCUT2D eigenvalue weighted by atomic mass is 16.2. The van der Waals surface area contributed by atoms with Crippen molar-refractivity contribution in [2.75, 3.05) is 23.3 Å². The summed E-state index contributed by atoms with van der Waals surface area (Å²) in [5.74, 6) is 0. The molecule has 1 fully saturated rings. The SMILES string of the molecule is NC(=O)Nc1ccccc1N1CCCNC1=O. The van der Waals surface area contributed by atoms with E-state index in [0.29, 0.717) is 24.5 Å². The Bertz CT molecular complexity index is 447. The number of hydrogen-bond acceptors (Lipinski definition) is 2. The number of amides is 4. The molecule has 4 amide bonds. The zero-order chi connectivity index (χ0) is 12.3. The van der Waals surface area contributed by atoms with Gasteiger partial charge in [0.1, 0.15) is 0 Å². The zero-order valence-electron chi connectivity index (χ0n) is 9.27. The first-order chi connectivity index (χ1) is 8.18. The van der Waals surface area contributed by atoms with Crippen molar-refractivity contribution in [3.8, 4) is 0 Å². The Morgan fingerprint density at radius 3 is 2.88 bits per heavy atom. The highest BCUT2D eigenvalue weighted by Crippen LogP contribution is 2.26. The number of nitrogens with one attached hydrogen (secondary N) is 2. The molecule has 0 spiro atoms. The average molecular weight is 234 g/mol.